The summed E-state index contributed by atoms with van der Waals surface area (Å²) in [5.41, 5.74) is 13.8. The van der Waals surface area contributed by atoms with E-state index in [9.17, 15) is 0 Å². The second-order valence-electron chi connectivity index (χ2n) is 10.3. The van der Waals surface area contributed by atoms with Crippen molar-refractivity contribution >= 4 is 12.3 Å². The lowest BCUT2D eigenvalue weighted by atomic mass is 9.90. The molecule has 0 unspecified atom stereocenters. The fourth-order valence-corrected chi connectivity index (χ4v) is 5.34. The van der Waals surface area contributed by atoms with Gasteiger partial charge in [-0.2, -0.15) is 0 Å². The smallest absolute Gasteiger partial charge is 0.0273 e. The van der Waals surface area contributed by atoms with Crippen LogP contribution >= 0.6 is 0 Å². The van der Waals surface area contributed by atoms with Crippen LogP contribution in [0, 0.1) is 0 Å². The van der Waals surface area contributed by atoms with E-state index in [1.807, 2.05) is 62.1 Å². The minimum absolute atomic E-state index is 1.10. The van der Waals surface area contributed by atoms with Gasteiger partial charge in [-0.25, -0.2) is 0 Å². The minimum Gasteiger partial charge on any atom is -0.272 e. The molecule has 4 aromatic carbocycles. The number of hydrogen-bond donors (Lipinski definition) is 0. The van der Waals surface area contributed by atoms with Crippen LogP contribution in [0.1, 0.15) is 12.5 Å². The van der Waals surface area contributed by atoms with Crippen LogP contribution in [0.2, 0.25) is 0 Å². The third kappa shape index (κ3) is 6.32. The molecule has 6 aromatic rings. The normalized spacial score (nSPS) is 11.5. The van der Waals surface area contributed by atoms with Gasteiger partial charge in [0.15, 0.2) is 0 Å². The fourth-order valence-electron chi connectivity index (χ4n) is 5.34. The van der Waals surface area contributed by atoms with Gasteiger partial charge in [-0.3, -0.25) is 15.0 Å². The quantitative estimate of drug-likeness (QED) is 0.139. The SMILES string of the molecule is C=N/C=C\C(=C/C)c1cccc(-c2cc(-c3cccc(-c4ccncc4)c3)cc(-c3cccc(-c4ccncc4)c3)c2)c1. The van der Waals surface area contributed by atoms with E-state index in [1.54, 1.807) is 6.20 Å². The molecule has 0 amide bonds. The highest BCUT2D eigenvalue weighted by Crippen LogP contribution is 2.36. The van der Waals surface area contributed by atoms with Gasteiger partial charge in [0, 0.05) is 31.0 Å². The predicted octanol–water partition coefficient (Wildman–Crippen LogP) is 10.4. The number of allylic oxidation sites excluding steroid dienone is 3. The lowest BCUT2D eigenvalue weighted by molar-refractivity contribution is 1.33. The molecular formula is C40H31N3. The van der Waals surface area contributed by atoms with Gasteiger partial charge in [0.1, 0.15) is 0 Å². The summed E-state index contributed by atoms with van der Waals surface area (Å²) in [6.45, 7) is 5.62. The van der Waals surface area contributed by atoms with Crippen molar-refractivity contribution in [2.24, 2.45) is 4.99 Å². The van der Waals surface area contributed by atoms with Gasteiger partial charge >= 0.3 is 0 Å². The molecule has 0 saturated carbocycles. The van der Waals surface area contributed by atoms with Crippen LogP contribution in [-0.2, 0) is 0 Å². The van der Waals surface area contributed by atoms with Crippen LogP contribution < -0.4 is 0 Å². The number of benzene rings is 4. The number of nitrogens with zero attached hydrogens (tertiary/aromatic N) is 3. The maximum absolute atomic E-state index is 4.19. The Morgan fingerprint density at radius 3 is 1.35 bits per heavy atom. The average Bonchev–Trinajstić information content (AvgIpc) is 3.09. The third-order valence-electron chi connectivity index (χ3n) is 7.55. The molecule has 6 rings (SSSR count). The zero-order valence-corrected chi connectivity index (χ0v) is 24.1. The summed E-state index contributed by atoms with van der Waals surface area (Å²) in [5.74, 6) is 0. The summed E-state index contributed by atoms with van der Waals surface area (Å²) in [7, 11) is 0. The molecule has 0 spiro atoms. The summed E-state index contributed by atoms with van der Waals surface area (Å²) >= 11 is 0. The highest BCUT2D eigenvalue weighted by atomic mass is 14.6. The van der Waals surface area contributed by atoms with Crippen LogP contribution in [0.3, 0.4) is 0 Å². The molecule has 0 saturated heterocycles. The Bertz CT molecular complexity index is 1840. The van der Waals surface area contributed by atoms with Gasteiger partial charge in [-0.15, -0.1) is 0 Å². The molecule has 2 aromatic heterocycles. The van der Waals surface area contributed by atoms with Crippen molar-refractivity contribution in [3.63, 3.8) is 0 Å². The first-order valence-corrected chi connectivity index (χ1v) is 14.3. The highest BCUT2D eigenvalue weighted by Gasteiger charge is 2.11. The third-order valence-corrected chi connectivity index (χ3v) is 7.55. The first-order valence-electron chi connectivity index (χ1n) is 14.3. The van der Waals surface area contributed by atoms with Gasteiger partial charge < -0.3 is 0 Å². The zero-order chi connectivity index (χ0) is 29.4. The van der Waals surface area contributed by atoms with Gasteiger partial charge in [0.05, 0.1) is 0 Å². The van der Waals surface area contributed by atoms with E-state index < -0.39 is 0 Å². The van der Waals surface area contributed by atoms with E-state index >= 15 is 0 Å². The lowest BCUT2D eigenvalue weighted by Gasteiger charge is -2.14. The first-order chi connectivity index (χ1) is 21.2. The molecule has 3 nitrogen and oxygen atoms in total. The molecule has 0 aliphatic rings. The number of pyridine rings is 2. The summed E-state index contributed by atoms with van der Waals surface area (Å²) in [6.07, 6.45) is 13.2. The van der Waals surface area contributed by atoms with E-state index in [0.717, 1.165) is 66.8 Å². The van der Waals surface area contributed by atoms with Crippen molar-refractivity contribution in [2.75, 3.05) is 0 Å². The van der Waals surface area contributed by atoms with E-state index in [2.05, 4.69) is 119 Å². The Hall–Kier alpha value is -5.67. The zero-order valence-electron chi connectivity index (χ0n) is 24.1. The molecule has 2 heterocycles. The van der Waals surface area contributed by atoms with Crippen molar-refractivity contribution in [1.82, 2.24) is 9.97 Å². The molecule has 0 N–H and O–H groups in total. The number of rotatable bonds is 8. The molecular weight excluding hydrogens is 522 g/mol. The summed E-state index contributed by atoms with van der Waals surface area (Å²) < 4.78 is 0. The maximum atomic E-state index is 4.19. The van der Waals surface area contributed by atoms with E-state index in [0.29, 0.717) is 0 Å². The number of aliphatic imine (C=N–C) groups is 1. The molecule has 0 radical (unpaired) electrons. The molecule has 0 bridgehead atoms. The maximum Gasteiger partial charge on any atom is 0.0273 e. The molecule has 43 heavy (non-hydrogen) atoms. The van der Waals surface area contributed by atoms with Gasteiger partial charge in [-0.05, 0) is 147 Å². The first kappa shape index (κ1) is 27.5. The topological polar surface area (TPSA) is 38.1 Å². The Kier molecular flexibility index (Phi) is 8.24. The minimum atomic E-state index is 1.10. The van der Waals surface area contributed by atoms with Crippen molar-refractivity contribution in [1.29, 1.82) is 0 Å². The average molecular weight is 554 g/mol. The van der Waals surface area contributed by atoms with Crippen molar-refractivity contribution in [2.45, 2.75) is 6.92 Å². The predicted molar refractivity (Wildman–Crippen MR) is 182 cm³/mol. The second kappa shape index (κ2) is 12.9. The molecule has 0 fully saturated rings. The second-order valence-corrected chi connectivity index (χ2v) is 10.3. The van der Waals surface area contributed by atoms with Crippen molar-refractivity contribution in [3.05, 3.63) is 164 Å². The Morgan fingerprint density at radius 1 is 0.512 bits per heavy atom. The van der Waals surface area contributed by atoms with Crippen molar-refractivity contribution in [3.8, 4) is 55.6 Å². The largest absolute Gasteiger partial charge is 0.272 e. The van der Waals surface area contributed by atoms with Gasteiger partial charge in [0.2, 0.25) is 0 Å². The number of aromatic nitrogens is 2. The summed E-state index contributed by atoms with van der Waals surface area (Å²) in [6, 6.07) is 41.2. The Labute approximate surface area is 253 Å². The highest BCUT2D eigenvalue weighted by molar-refractivity contribution is 5.85. The Morgan fingerprint density at radius 2 is 0.907 bits per heavy atom. The van der Waals surface area contributed by atoms with Crippen LogP contribution in [0.25, 0.3) is 61.2 Å². The molecule has 3 heteroatoms. The van der Waals surface area contributed by atoms with E-state index in [1.165, 1.54) is 0 Å². The molecule has 0 atom stereocenters. The van der Waals surface area contributed by atoms with Gasteiger partial charge in [0.25, 0.3) is 0 Å². The van der Waals surface area contributed by atoms with Crippen LogP contribution in [0.15, 0.2) is 163 Å². The molecule has 206 valence electrons. The van der Waals surface area contributed by atoms with Gasteiger partial charge in [-0.1, -0.05) is 60.7 Å². The standard InChI is InChI=1S/C40H31N3/c1-3-29(13-18-41-2)32-7-4-10-35(23-32)38-26-39(36-11-5-8-33(24-36)30-14-19-42-20-15-30)28-40(27-38)37-12-6-9-34(25-37)31-16-21-43-22-17-31/h3-28H,2H2,1H3/b18-13-,29-3+. The van der Waals surface area contributed by atoms with E-state index in [4.69, 9.17) is 0 Å². The monoisotopic (exact) mass is 553 g/mol. The van der Waals surface area contributed by atoms with Crippen molar-refractivity contribution < 1.29 is 0 Å². The number of hydrogen-bond acceptors (Lipinski definition) is 3. The lowest BCUT2D eigenvalue weighted by Crippen LogP contribution is -1.89. The van der Waals surface area contributed by atoms with Crippen LogP contribution in [-0.4, -0.2) is 16.7 Å². The summed E-state index contributed by atoms with van der Waals surface area (Å²) in [4.78, 5) is 12.3. The molecule has 0 aliphatic heterocycles. The van der Waals surface area contributed by atoms with E-state index in [-0.39, 0.29) is 0 Å². The van der Waals surface area contributed by atoms with Crippen LogP contribution in [0.4, 0.5) is 0 Å². The Balaban J connectivity index is 1.50. The summed E-state index contributed by atoms with van der Waals surface area (Å²) in [5, 5.41) is 0. The van der Waals surface area contributed by atoms with Crippen LogP contribution in [0.5, 0.6) is 0 Å². The fraction of sp³-hybridized carbons (Fsp3) is 0.0250. The molecule has 0 aliphatic carbocycles.